The first kappa shape index (κ1) is 19.9. The topological polar surface area (TPSA) is 87.8 Å². The molecule has 2 heterocycles. The molecule has 1 fully saturated rings. The van der Waals surface area contributed by atoms with Gasteiger partial charge in [0.15, 0.2) is 5.96 Å². The average Bonchev–Trinajstić information content (AvgIpc) is 2.92. The van der Waals surface area contributed by atoms with E-state index in [1.807, 2.05) is 4.90 Å². The number of nitrogens with zero attached hydrogens (tertiary/aromatic N) is 2. The largest absolute Gasteiger partial charge is 0.370 e. The summed E-state index contributed by atoms with van der Waals surface area (Å²) in [4.78, 5) is 6.26. The van der Waals surface area contributed by atoms with E-state index in [4.69, 9.17) is 17.3 Å². The Labute approximate surface area is 157 Å². The Morgan fingerprint density at radius 1 is 1.36 bits per heavy atom. The summed E-state index contributed by atoms with van der Waals surface area (Å²) in [5.74, 6) is 0.494. The molecular formula is C12H20ClIN4O2S2. The molecule has 1 aromatic rings. The third-order valence-electron chi connectivity index (χ3n) is 3.17. The summed E-state index contributed by atoms with van der Waals surface area (Å²) in [5.41, 5.74) is 5.90. The van der Waals surface area contributed by atoms with E-state index in [1.165, 1.54) is 12.5 Å². The standard InChI is InChI=1S/C12H19ClN4O2S2.HI/c13-10-4-5-11(20-10)21(18,19)16-7-6-15-12(14)17-8-2-1-3-9-17;/h4-5,16H,1-3,6-9H2,(H2,14,15);1H. The number of hydrogen-bond acceptors (Lipinski definition) is 4. The molecule has 0 atom stereocenters. The quantitative estimate of drug-likeness (QED) is 0.294. The van der Waals surface area contributed by atoms with Crippen molar-refractivity contribution in [2.75, 3.05) is 26.2 Å². The molecule has 1 aliphatic rings. The summed E-state index contributed by atoms with van der Waals surface area (Å²) in [5, 5.41) is 0. The molecule has 1 aliphatic heterocycles. The van der Waals surface area contributed by atoms with Gasteiger partial charge in [0.1, 0.15) is 4.21 Å². The molecule has 1 saturated heterocycles. The molecule has 1 aromatic heterocycles. The summed E-state index contributed by atoms with van der Waals surface area (Å²) in [6, 6.07) is 3.05. The first-order valence-corrected chi connectivity index (χ1v) is 9.47. The Kier molecular flexibility index (Phi) is 8.39. The monoisotopic (exact) mass is 478 g/mol. The second-order valence-electron chi connectivity index (χ2n) is 4.74. The minimum Gasteiger partial charge on any atom is -0.370 e. The summed E-state index contributed by atoms with van der Waals surface area (Å²) < 4.78 is 27.0. The van der Waals surface area contributed by atoms with Gasteiger partial charge in [-0.15, -0.1) is 35.3 Å². The fourth-order valence-electron chi connectivity index (χ4n) is 2.09. The first-order valence-electron chi connectivity index (χ1n) is 6.79. The van der Waals surface area contributed by atoms with Gasteiger partial charge in [-0.2, -0.15) is 0 Å². The highest BCUT2D eigenvalue weighted by Crippen LogP contribution is 2.25. The summed E-state index contributed by atoms with van der Waals surface area (Å²) in [7, 11) is -3.50. The number of thiophene rings is 1. The van der Waals surface area contributed by atoms with Gasteiger partial charge < -0.3 is 10.6 Å². The van der Waals surface area contributed by atoms with E-state index in [0.29, 0.717) is 16.8 Å². The van der Waals surface area contributed by atoms with E-state index >= 15 is 0 Å². The molecule has 2 rings (SSSR count). The number of nitrogens with two attached hydrogens (primary N) is 1. The molecule has 0 unspecified atom stereocenters. The van der Waals surface area contributed by atoms with E-state index in [0.717, 1.165) is 37.3 Å². The summed E-state index contributed by atoms with van der Waals surface area (Å²) in [6.07, 6.45) is 3.48. The van der Waals surface area contributed by atoms with Crippen molar-refractivity contribution in [3.05, 3.63) is 16.5 Å². The Bertz CT molecular complexity index is 600. The van der Waals surface area contributed by atoms with E-state index < -0.39 is 10.0 Å². The van der Waals surface area contributed by atoms with Gasteiger partial charge in [-0.3, -0.25) is 4.99 Å². The number of guanidine groups is 1. The lowest BCUT2D eigenvalue weighted by Gasteiger charge is -2.27. The van der Waals surface area contributed by atoms with Gasteiger partial charge in [-0.05, 0) is 31.4 Å². The zero-order valence-corrected chi connectivity index (χ0v) is 16.7. The third-order valence-corrected chi connectivity index (χ3v) is 6.36. The Hall–Kier alpha value is -0.100. The normalized spacial score (nSPS) is 16.4. The lowest BCUT2D eigenvalue weighted by molar-refractivity contribution is 0.338. The molecule has 126 valence electrons. The number of sulfonamides is 1. The number of nitrogens with one attached hydrogen (secondary N) is 1. The van der Waals surface area contributed by atoms with E-state index in [2.05, 4.69) is 9.71 Å². The SMILES string of the molecule is I.NC(=NCCNS(=O)(=O)c1ccc(Cl)s1)N1CCCCC1. The maximum Gasteiger partial charge on any atom is 0.250 e. The predicted molar refractivity (Wildman–Crippen MR) is 102 cm³/mol. The molecule has 0 saturated carbocycles. The van der Waals surface area contributed by atoms with Crippen LogP contribution in [0.25, 0.3) is 0 Å². The zero-order valence-electron chi connectivity index (χ0n) is 12.0. The molecule has 22 heavy (non-hydrogen) atoms. The van der Waals surface area contributed by atoms with Crippen LogP contribution < -0.4 is 10.5 Å². The number of likely N-dealkylation sites (tertiary alicyclic amines) is 1. The van der Waals surface area contributed by atoms with Crippen LogP contribution in [0.5, 0.6) is 0 Å². The summed E-state index contributed by atoms with van der Waals surface area (Å²) >= 11 is 6.77. The van der Waals surface area contributed by atoms with Gasteiger partial charge in [0, 0.05) is 19.6 Å². The fourth-order valence-corrected chi connectivity index (χ4v) is 4.64. The van der Waals surface area contributed by atoms with Gasteiger partial charge in [0.05, 0.1) is 10.9 Å². The molecule has 0 amide bonds. The molecule has 0 aromatic carbocycles. The van der Waals surface area contributed by atoms with Crippen LogP contribution in [0, 0.1) is 0 Å². The second-order valence-corrected chi connectivity index (χ2v) is 8.45. The molecule has 3 N–H and O–H groups in total. The maximum atomic E-state index is 11.9. The van der Waals surface area contributed by atoms with Crippen molar-refractivity contribution in [1.29, 1.82) is 0 Å². The van der Waals surface area contributed by atoms with Crippen molar-refractivity contribution < 1.29 is 8.42 Å². The molecule has 6 nitrogen and oxygen atoms in total. The van der Waals surface area contributed by atoms with Gasteiger partial charge in [-0.1, -0.05) is 11.6 Å². The lowest BCUT2D eigenvalue weighted by Crippen LogP contribution is -2.41. The highest BCUT2D eigenvalue weighted by atomic mass is 127. The number of aliphatic imine (C=N–C) groups is 1. The van der Waals surface area contributed by atoms with Crippen LogP contribution in [-0.4, -0.2) is 45.5 Å². The van der Waals surface area contributed by atoms with Gasteiger partial charge in [0.2, 0.25) is 10.0 Å². The number of piperidine rings is 1. The van der Waals surface area contributed by atoms with Crippen LogP contribution in [0.15, 0.2) is 21.3 Å². The first-order chi connectivity index (χ1) is 9.99. The highest BCUT2D eigenvalue weighted by Gasteiger charge is 2.16. The molecular weight excluding hydrogens is 459 g/mol. The van der Waals surface area contributed by atoms with Crippen molar-refractivity contribution >= 4 is 62.9 Å². The van der Waals surface area contributed by atoms with Crippen molar-refractivity contribution in [3.63, 3.8) is 0 Å². The van der Waals surface area contributed by atoms with Crippen molar-refractivity contribution in [2.45, 2.75) is 23.5 Å². The van der Waals surface area contributed by atoms with Crippen LogP contribution in [0.1, 0.15) is 19.3 Å². The van der Waals surface area contributed by atoms with Crippen LogP contribution in [-0.2, 0) is 10.0 Å². The Morgan fingerprint density at radius 3 is 2.64 bits per heavy atom. The number of hydrogen-bond donors (Lipinski definition) is 2. The van der Waals surface area contributed by atoms with Crippen LogP contribution in [0.4, 0.5) is 0 Å². The lowest BCUT2D eigenvalue weighted by atomic mass is 10.1. The molecule has 10 heteroatoms. The zero-order chi connectivity index (χ0) is 15.3. The van der Waals surface area contributed by atoms with Gasteiger partial charge in [0.25, 0.3) is 0 Å². The minimum absolute atomic E-state index is 0. The van der Waals surface area contributed by atoms with Crippen LogP contribution >= 0.6 is 46.9 Å². The maximum absolute atomic E-state index is 11.9. The van der Waals surface area contributed by atoms with E-state index in [1.54, 1.807) is 6.07 Å². The van der Waals surface area contributed by atoms with E-state index in [9.17, 15) is 8.42 Å². The molecule has 0 aliphatic carbocycles. The van der Waals surface area contributed by atoms with Crippen molar-refractivity contribution in [1.82, 2.24) is 9.62 Å². The second kappa shape index (κ2) is 9.26. The van der Waals surface area contributed by atoms with Gasteiger partial charge >= 0.3 is 0 Å². The van der Waals surface area contributed by atoms with Crippen molar-refractivity contribution in [2.24, 2.45) is 10.7 Å². The molecule has 0 bridgehead atoms. The van der Waals surface area contributed by atoms with Crippen LogP contribution in [0.2, 0.25) is 4.34 Å². The predicted octanol–water partition coefficient (Wildman–Crippen LogP) is 2.10. The highest BCUT2D eigenvalue weighted by molar-refractivity contribution is 14.0. The molecule has 0 spiro atoms. The smallest absolute Gasteiger partial charge is 0.250 e. The summed E-state index contributed by atoms with van der Waals surface area (Å²) in [6.45, 7) is 2.39. The average molecular weight is 479 g/mol. The van der Waals surface area contributed by atoms with Crippen LogP contribution in [0.3, 0.4) is 0 Å². The van der Waals surface area contributed by atoms with E-state index in [-0.39, 0.29) is 34.7 Å². The molecule has 0 radical (unpaired) electrons. The number of halogens is 2. The van der Waals surface area contributed by atoms with Crippen molar-refractivity contribution in [3.8, 4) is 0 Å². The van der Waals surface area contributed by atoms with Gasteiger partial charge in [-0.25, -0.2) is 13.1 Å². The Morgan fingerprint density at radius 2 is 2.05 bits per heavy atom. The Balaban J connectivity index is 0.00000242. The minimum atomic E-state index is -3.50. The third kappa shape index (κ3) is 5.84. The number of rotatable bonds is 5. The fraction of sp³-hybridized carbons (Fsp3) is 0.583.